The molecule has 6 nitrogen and oxygen atoms in total. The molecule has 1 heterocycles. The third-order valence-electron chi connectivity index (χ3n) is 3.25. The summed E-state index contributed by atoms with van der Waals surface area (Å²) >= 11 is 0. The molecule has 0 radical (unpaired) electrons. The fraction of sp³-hybridized carbons (Fsp3) is 0.846. The minimum Gasteiger partial charge on any atom is -0.450 e. The molecule has 0 bridgehead atoms. The standard InChI is InChI=1S/C13H25N3O3/c1-3-16(9-11-6-5-7-14-8-11)10-12(17)15-13(18)19-4-2/h11,14H,3-10H2,1-2H3,(H,15,17,18). The van der Waals surface area contributed by atoms with Crippen LogP contribution in [0, 0.1) is 5.92 Å². The van der Waals surface area contributed by atoms with Crippen LogP contribution >= 0.6 is 0 Å². The second-order valence-corrected chi connectivity index (χ2v) is 4.81. The second kappa shape index (κ2) is 8.87. The van der Waals surface area contributed by atoms with Gasteiger partial charge in [-0.2, -0.15) is 0 Å². The molecule has 0 saturated carbocycles. The molecule has 0 aromatic rings. The first-order valence-corrected chi connectivity index (χ1v) is 7.05. The molecular formula is C13H25N3O3. The fourth-order valence-electron chi connectivity index (χ4n) is 2.27. The number of nitrogens with one attached hydrogen (secondary N) is 2. The highest BCUT2D eigenvalue weighted by molar-refractivity contribution is 5.92. The summed E-state index contributed by atoms with van der Waals surface area (Å²) in [6, 6.07) is 0. The average Bonchev–Trinajstić information content (AvgIpc) is 2.39. The summed E-state index contributed by atoms with van der Waals surface area (Å²) in [5.74, 6) is 0.285. The molecule has 1 rings (SSSR count). The molecule has 1 atom stereocenters. The molecule has 1 unspecified atom stereocenters. The number of rotatable bonds is 6. The Hall–Kier alpha value is -1.14. The van der Waals surface area contributed by atoms with Crippen LogP contribution in [0.4, 0.5) is 4.79 Å². The second-order valence-electron chi connectivity index (χ2n) is 4.81. The van der Waals surface area contributed by atoms with Crippen molar-refractivity contribution in [1.29, 1.82) is 0 Å². The number of likely N-dealkylation sites (N-methyl/N-ethyl adjacent to an activating group) is 1. The van der Waals surface area contributed by atoms with Gasteiger partial charge in [-0.05, 0) is 45.3 Å². The summed E-state index contributed by atoms with van der Waals surface area (Å²) < 4.78 is 4.68. The van der Waals surface area contributed by atoms with Gasteiger partial charge in [0.15, 0.2) is 0 Å². The number of imide groups is 1. The number of carbonyl (C=O) groups is 2. The van der Waals surface area contributed by atoms with E-state index >= 15 is 0 Å². The van der Waals surface area contributed by atoms with E-state index in [0.717, 1.165) is 26.2 Å². The zero-order valence-corrected chi connectivity index (χ0v) is 11.9. The highest BCUT2D eigenvalue weighted by atomic mass is 16.5. The highest BCUT2D eigenvalue weighted by Crippen LogP contribution is 2.11. The molecule has 2 N–H and O–H groups in total. The van der Waals surface area contributed by atoms with Crippen LogP contribution < -0.4 is 10.6 Å². The van der Waals surface area contributed by atoms with Gasteiger partial charge in [0.25, 0.3) is 0 Å². The molecule has 2 amide bonds. The van der Waals surface area contributed by atoms with Crippen molar-refractivity contribution >= 4 is 12.0 Å². The van der Waals surface area contributed by atoms with E-state index in [4.69, 9.17) is 0 Å². The van der Waals surface area contributed by atoms with Gasteiger partial charge in [0.1, 0.15) is 0 Å². The number of amides is 2. The Morgan fingerprint density at radius 2 is 2.21 bits per heavy atom. The summed E-state index contributed by atoms with van der Waals surface area (Å²) in [7, 11) is 0. The lowest BCUT2D eigenvalue weighted by Crippen LogP contribution is -2.44. The molecular weight excluding hydrogens is 246 g/mol. The smallest absolute Gasteiger partial charge is 0.413 e. The number of nitrogens with zero attached hydrogens (tertiary/aromatic N) is 1. The van der Waals surface area contributed by atoms with Crippen LogP contribution in [0.3, 0.4) is 0 Å². The molecule has 0 spiro atoms. The Morgan fingerprint density at radius 3 is 2.79 bits per heavy atom. The number of hydrogen-bond acceptors (Lipinski definition) is 5. The Kier molecular flexibility index (Phi) is 7.43. The van der Waals surface area contributed by atoms with Crippen molar-refractivity contribution in [3.63, 3.8) is 0 Å². The largest absolute Gasteiger partial charge is 0.450 e. The predicted octanol–water partition coefficient (Wildman–Crippen LogP) is 0.581. The SMILES string of the molecule is CCOC(=O)NC(=O)CN(CC)CC1CCCNC1. The van der Waals surface area contributed by atoms with E-state index in [1.807, 2.05) is 6.92 Å². The first kappa shape index (κ1) is 15.9. The Balaban J connectivity index is 2.30. The maximum Gasteiger partial charge on any atom is 0.413 e. The van der Waals surface area contributed by atoms with Crippen LogP contribution in [0.2, 0.25) is 0 Å². The van der Waals surface area contributed by atoms with Crippen LogP contribution in [0.5, 0.6) is 0 Å². The molecule has 1 aliphatic rings. The minimum atomic E-state index is -0.664. The first-order chi connectivity index (χ1) is 9.15. The molecule has 110 valence electrons. The molecule has 0 aromatic heterocycles. The normalized spacial score (nSPS) is 19.2. The van der Waals surface area contributed by atoms with Gasteiger partial charge in [-0.3, -0.25) is 15.0 Å². The summed E-state index contributed by atoms with van der Waals surface area (Å²) in [4.78, 5) is 24.9. The van der Waals surface area contributed by atoms with Crippen molar-refractivity contribution in [2.45, 2.75) is 26.7 Å². The van der Waals surface area contributed by atoms with Gasteiger partial charge in [0, 0.05) is 6.54 Å². The summed E-state index contributed by atoms with van der Waals surface area (Å²) in [6.45, 7) is 8.02. The number of ether oxygens (including phenoxy) is 1. The topological polar surface area (TPSA) is 70.7 Å². The molecule has 1 saturated heterocycles. The molecule has 1 aliphatic heterocycles. The molecule has 19 heavy (non-hydrogen) atoms. The zero-order chi connectivity index (χ0) is 14.1. The van der Waals surface area contributed by atoms with Gasteiger partial charge in [-0.1, -0.05) is 6.92 Å². The van der Waals surface area contributed by atoms with Crippen molar-refractivity contribution in [3.8, 4) is 0 Å². The van der Waals surface area contributed by atoms with Gasteiger partial charge in [0.2, 0.25) is 5.91 Å². The van der Waals surface area contributed by atoms with Crippen molar-refractivity contribution in [2.24, 2.45) is 5.92 Å². The lowest BCUT2D eigenvalue weighted by molar-refractivity contribution is -0.121. The van der Waals surface area contributed by atoms with E-state index in [1.54, 1.807) is 6.92 Å². The Morgan fingerprint density at radius 1 is 1.42 bits per heavy atom. The van der Waals surface area contributed by atoms with Gasteiger partial charge in [-0.25, -0.2) is 4.79 Å². The first-order valence-electron chi connectivity index (χ1n) is 7.05. The lowest BCUT2D eigenvalue weighted by atomic mass is 9.99. The number of alkyl carbamates (subject to hydrolysis) is 1. The number of carbonyl (C=O) groups excluding carboxylic acids is 2. The number of piperidine rings is 1. The van der Waals surface area contributed by atoms with Gasteiger partial charge >= 0.3 is 6.09 Å². The molecule has 1 fully saturated rings. The van der Waals surface area contributed by atoms with Crippen LogP contribution in [0.15, 0.2) is 0 Å². The van der Waals surface area contributed by atoms with E-state index in [0.29, 0.717) is 5.92 Å². The third-order valence-corrected chi connectivity index (χ3v) is 3.25. The highest BCUT2D eigenvalue weighted by Gasteiger charge is 2.18. The summed E-state index contributed by atoms with van der Waals surface area (Å²) in [5, 5.41) is 5.59. The average molecular weight is 271 g/mol. The quantitative estimate of drug-likeness (QED) is 0.739. The van der Waals surface area contributed by atoms with Crippen LogP contribution in [0.25, 0.3) is 0 Å². The predicted molar refractivity (Wildman–Crippen MR) is 72.9 cm³/mol. The summed E-state index contributed by atoms with van der Waals surface area (Å²) in [5.41, 5.74) is 0. The van der Waals surface area contributed by atoms with Crippen LogP contribution in [-0.4, -0.2) is 56.2 Å². The fourth-order valence-corrected chi connectivity index (χ4v) is 2.27. The monoisotopic (exact) mass is 271 g/mol. The third kappa shape index (κ3) is 6.54. The van der Waals surface area contributed by atoms with Gasteiger partial charge in [-0.15, -0.1) is 0 Å². The van der Waals surface area contributed by atoms with Gasteiger partial charge < -0.3 is 10.1 Å². The van der Waals surface area contributed by atoms with E-state index in [1.165, 1.54) is 12.8 Å². The van der Waals surface area contributed by atoms with E-state index in [-0.39, 0.29) is 19.1 Å². The van der Waals surface area contributed by atoms with Crippen LogP contribution in [-0.2, 0) is 9.53 Å². The van der Waals surface area contributed by atoms with E-state index < -0.39 is 6.09 Å². The van der Waals surface area contributed by atoms with Crippen molar-refractivity contribution in [1.82, 2.24) is 15.5 Å². The maximum atomic E-state index is 11.7. The Bertz CT molecular complexity index is 291. The molecule has 0 aromatic carbocycles. The van der Waals surface area contributed by atoms with E-state index in [2.05, 4.69) is 20.3 Å². The van der Waals surface area contributed by atoms with Crippen LogP contribution in [0.1, 0.15) is 26.7 Å². The van der Waals surface area contributed by atoms with E-state index in [9.17, 15) is 9.59 Å². The van der Waals surface area contributed by atoms with Crippen molar-refractivity contribution < 1.29 is 14.3 Å². The Labute approximate surface area is 114 Å². The van der Waals surface area contributed by atoms with Gasteiger partial charge in [0.05, 0.1) is 13.2 Å². The molecule has 6 heteroatoms. The minimum absolute atomic E-state index is 0.242. The van der Waals surface area contributed by atoms with Crippen molar-refractivity contribution in [3.05, 3.63) is 0 Å². The maximum absolute atomic E-state index is 11.7. The van der Waals surface area contributed by atoms with Crippen molar-refractivity contribution in [2.75, 3.05) is 39.3 Å². The lowest BCUT2D eigenvalue weighted by Gasteiger charge is -2.28. The number of hydrogen-bond donors (Lipinski definition) is 2. The summed E-state index contributed by atoms with van der Waals surface area (Å²) in [6.07, 6.45) is 1.73. The zero-order valence-electron chi connectivity index (χ0n) is 11.9. The molecule has 0 aliphatic carbocycles.